The Morgan fingerprint density at radius 1 is 1.19 bits per heavy atom. The maximum absolute atomic E-state index is 12.6. The normalized spacial score (nSPS) is 18.9. The van der Waals surface area contributed by atoms with Gasteiger partial charge in [0.05, 0.1) is 25.3 Å². The van der Waals surface area contributed by atoms with Crippen LogP contribution in [0.4, 0.5) is 4.79 Å². The molecule has 0 saturated carbocycles. The topological polar surface area (TPSA) is 125 Å². The van der Waals surface area contributed by atoms with E-state index in [2.05, 4.69) is 10.6 Å². The molecule has 178 valence electrons. The highest BCUT2D eigenvalue weighted by molar-refractivity contribution is 7.88. The number of carbonyl (C=O) groups excluding carboxylic acids is 3. The van der Waals surface area contributed by atoms with E-state index in [1.54, 1.807) is 31.2 Å². The lowest BCUT2D eigenvalue weighted by atomic mass is 10.0. The number of amides is 3. The molecule has 1 aromatic carbocycles. The Labute approximate surface area is 189 Å². The fraction of sp³-hybridized carbons (Fsp3) is 0.571. The molecule has 0 bridgehead atoms. The van der Waals surface area contributed by atoms with Gasteiger partial charge in [0.1, 0.15) is 0 Å². The molecule has 1 saturated heterocycles. The number of rotatable bonds is 6. The molecule has 1 unspecified atom stereocenters. The van der Waals surface area contributed by atoms with Crippen molar-refractivity contribution in [3.05, 3.63) is 35.9 Å². The predicted molar refractivity (Wildman–Crippen MR) is 119 cm³/mol. The molecule has 1 aromatic rings. The second kappa shape index (κ2) is 12.4. The molecule has 3 amide bonds. The number of carbonyl (C=O) groups is 3. The molecule has 1 aliphatic rings. The quantitative estimate of drug-likeness (QED) is 0.597. The van der Waals surface area contributed by atoms with E-state index in [4.69, 9.17) is 4.74 Å². The van der Waals surface area contributed by atoms with Crippen molar-refractivity contribution in [1.82, 2.24) is 19.8 Å². The Balaban J connectivity index is 2.11. The molecule has 1 heterocycles. The second-order valence-electron chi connectivity index (χ2n) is 7.48. The highest BCUT2D eigenvalue weighted by atomic mass is 32.2. The highest BCUT2D eigenvalue weighted by Gasteiger charge is 2.30. The van der Waals surface area contributed by atoms with Crippen molar-refractivity contribution in [3.63, 3.8) is 0 Å². The number of nitrogens with one attached hydrogen (secondary N) is 2. The molecule has 11 heteroatoms. The van der Waals surface area contributed by atoms with E-state index in [9.17, 15) is 22.8 Å². The smallest absolute Gasteiger partial charge is 0.317 e. The third kappa shape index (κ3) is 8.12. The molecule has 0 aliphatic carbocycles. The summed E-state index contributed by atoms with van der Waals surface area (Å²) in [4.78, 5) is 38.1. The number of hydrogen-bond acceptors (Lipinski definition) is 6. The van der Waals surface area contributed by atoms with Crippen LogP contribution in [-0.4, -0.2) is 81.1 Å². The lowest BCUT2D eigenvalue weighted by Crippen LogP contribution is -2.45. The van der Waals surface area contributed by atoms with Crippen LogP contribution in [0.15, 0.2) is 30.3 Å². The summed E-state index contributed by atoms with van der Waals surface area (Å²) in [5, 5.41) is 5.44. The van der Waals surface area contributed by atoms with Gasteiger partial charge in [-0.05, 0) is 18.9 Å². The average Bonchev–Trinajstić information content (AvgIpc) is 2.77. The molecule has 2 N–H and O–H groups in total. The van der Waals surface area contributed by atoms with Crippen LogP contribution in [0.3, 0.4) is 0 Å². The van der Waals surface area contributed by atoms with E-state index < -0.39 is 22.0 Å². The van der Waals surface area contributed by atoms with Gasteiger partial charge in [-0.2, -0.15) is 4.31 Å². The van der Waals surface area contributed by atoms with E-state index in [1.165, 1.54) is 9.21 Å². The highest BCUT2D eigenvalue weighted by Crippen LogP contribution is 2.27. The minimum absolute atomic E-state index is 0.0111. The minimum atomic E-state index is -3.61. The predicted octanol–water partition coefficient (Wildman–Crippen LogP) is 0.864. The molecule has 0 radical (unpaired) electrons. The average molecular weight is 469 g/mol. The van der Waals surface area contributed by atoms with Crippen molar-refractivity contribution in [2.45, 2.75) is 32.2 Å². The van der Waals surface area contributed by atoms with Crippen LogP contribution in [-0.2, 0) is 24.3 Å². The first kappa shape index (κ1) is 25.6. The van der Waals surface area contributed by atoms with Crippen molar-refractivity contribution >= 4 is 27.9 Å². The lowest BCUT2D eigenvalue weighted by molar-refractivity contribution is -0.142. The third-order valence-corrected chi connectivity index (χ3v) is 6.33. The Bertz CT molecular complexity index is 878. The maximum atomic E-state index is 12.6. The first-order chi connectivity index (χ1) is 15.2. The summed E-state index contributed by atoms with van der Waals surface area (Å²) in [5.41, 5.74) is 0.737. The van der Waals surface area contributed by atoms with Gasteiger partial charge in [0.15, 0.2) is 0 Å². The first-order valence-electron chi connectivity index (χ1n) is 10.7. The van der Waals surface area contributed by atoms with E-state index >= 15 is 0 Å². The van der Waals surface area contributed by atoms with E-state index in [0.29, 0.717) is 13.0 Å². The van der Waals surface area contributed by atoms with Gasteiger partial charge in [-0.25, -0.2) is 13.2 Å². The zero-order chi connectivity index (χ0) is 23.6. The summed E-state index contributed by atoms with van der Waals surface area (Å²) in [5.74, 6) is -0.690. The van der Waals surface area contributed by atoms with Gasteiger partial charge in [-0.15, -0.1) is 0 Å². The number of benzene rings is 1. The lowest BCUT2D eigenvalue weighted by Gasteiger charge is -2.30. The monoisotopic (exact) mass is 468 g/mol. The van der Waals surface area contributed by atoms with Crippen molar-refractivity contribution < 1.29 is 27.5 Å². The van der Waals surface area contributed by atoms with E-state index in [0.717, 1.165) is 11.8 Å². The van der Waals surface area contributed by atoms with Gasteiger partial charge in [0, 0.05) is 39.1 Å². The van der Waals surface area contributed by atoms with Gasteiger partial charge in [-0.1, -0.05) is 30.3 Å². The van der Waals surface area contributed by atoms with Crippen LogP contribution in [0.1, 0.15) is 37.8 Å². The molecule has 1 aliphatic heterocycles. The van der Waals surface area contributed by atoms with Crippen LogP contribution in [0, 0.1) is 0 Å². The van der Waals surface area contributed by atoms with E-state index in [1.807, 2.05) is 6.07 Å². The van der Waals surface area contributed by atoms with E-state index in [-0.39, 0.29) is 57.6 Å². The number of sulfonamides is 1. The van der Waals surface area contributed by atoms with Gasteiger partial charge >= 0.3 is 12.0 Å². The Kier molecular flexibility index (Phi) is 9.92. The Morgan fingerprint density at radius 2 is 1.91 bits per heavy atom. The number of nitrogens with zero attached hydrogens (tertiary/aromatic N) is 2. The van der Waals surface area contributed by atoms with Crippen LogP contribution in [0.2, 0.25) is 0 Å². The summed E-state index contributed by atoms with van der Waals surface area (Å²) >= 11 is 0. The number of esters is 1. The Morgan fingerprint density at radius 3 is 2.56 bits per heavy atom. The zero-order valence-corrected chi connectivity index (χ0v) is 19.4. The van der Waals surface area contributed by atoms with Crippen LogP contribution in [0.5, 0.6) is 0 Å². The van der Waals surface area contributed by atoms with Crippen molar-refractivity contribution in [3.8, 4) is 0 Å². The summed E-state index contributed by atoms with van der Waals surface area (Å²) in [6.07, 6.45) is 1.57. The van der Waals surface area contributed by atoms with Crippen molar-refractivity contribution in [2.75, 3.05) is 45.6 Å². The molecule has 1 fully saturated rings. The third-order valence-electron chi connectivity index (χ3n) is 5.05. The summed E-state index contributed by atoms with van der Waals surface area (Å²) in [7, 11) is -3.61. The minimum Gasteiger partial charge on any atom is -0.466 e. The largest absolute Gasteiger partial charge is 0.466 e. The molecule has 1 atom stereocenters. The molecule has 10 nitrogen and oxygen atoms in total. The fourth-order valence-corrected chi connectivity index (χ4v) is 4.66. The van der Waals surface area contributed by atoms with Gasteiger partial charge < -0.3 is 20.3 Å². The molecule has 2 rings (SSSR count). The second-order valence-corrected chi connectivity index (χ2v) is 9.42. The van der Waals surface area contributed by atoms with Gasteiger partial charge in [0.25, 0.3) is 0 Å². The van der Waals surface area contributed by atoms with Crippen molar-refractivity contribution in [1.29, 1.82) is 0 Å². The molecule has 0 aromatic heterocycles. The molecular weight excluding hydrogens is 436 g/mol. The number of hydrogen-bond donors (Lipinski definition) is 2. The fourth-order valence-electron chi connectivity index (χ4n) is 3.54. The summed E-state index contributed by atoms with van der Waals surface area (Å²) in [6.45, 7) is 3.09. The zero-order valence-electron chi connectivity index (χ0n) is 18.6. The summed E-state index contributed by atoms with van der Waals surface area (Å²) in [6, 6.07) is 8.04. The van der Waals surface area contributed by atoms with Gasteiger partial charge in [0.2, 0.25) is 15.9 Å². The van der Waals surface area contributed by atoms with Crippen molar-refractivity contribution in [2.24, 2.45) is 0 Å². The summed E-state index contributed by atoms with van der Waals surface area (Å²) < 4.78 is 31.3. The molecule has 32 heavy (non-hydrogen) atoms. The van der Waals surface area contributed by atoms with Gasteiger partial charge in [-0.3, -0.25) is 9.59 Å². The number of urea groups is 1. The Hall–Kier alpha value is -2.66. The molecular formula is C21H32N4O6S. The molecule has 0 spiro atoms. The standard InChI is InChI=1S/C21H32N4O6S/c1-3-31-20(27)10-11-23-21(28)24-13-7-14-25(32(2,29)30)18(16-19(26)22-12-15-24)17-8-5-4-6-9-17/h4-6,8-9,18H,3,7,10-16H2,1-2H3,(H,22,26)(H,23,28). The van der Waals surface area contributed by atoms with Crippen LogP contribution < -0.4 is 10.6 Å². The first-order valence-corrected chi connectivity index (χ1v) is 12.5. The maximum Gasteiger partial charge on any atom is 0.317 e. The number of ether oxygens (including phenoxy) is 1. The SMILES string of the molecule is CCOC(=O)CCNC(=O)N1CCCN(S(C)(=O)=O)C(c2ccccc2)CC(=O)NCC1. The van der Waals surface area contributed by atoms with Crippen LogP contribution >= 0.6 is 0 Å². The van der Waals surface area contributed by atoms with Crippen LogP contribution in [0.25, 0.3) is 0 Å².